The summed E-state index contributed by atoms with van der Waals surface area (Å²) in [4.78, 5) is 10.3. The van der Waals surface area contributed by atoms with Crippen LogP contribution in [0.1, 0.15) is 5.56 Å². The Bertz CT molecular complexity index is 390. The number of aliphatic carboxylic acids is 1. The van der Waals surface area contributed by atoms with Crippen LogP contribution in [0.5, 0.6) is 5.75 Å². The fourth-order valence-electron chi connectivity index (χ4n) is 0.991. The van der Waals surface area contributed by atoms with Crippen LogP contribution in [-0.2, 0) is 11.3 Å². The van der Waals surface area contributed by atoms with E-state index in [1.54, 1.807) is 19.2 Å². The Morgan fingerprint density at radius 1 is 1.50 bits per heavy atom. The molecular weight excluding hydrogens is 232 g/mol. The van der Waals surface area contributed by atoms with Crippen LogP contribution in [0.15, 0.2) is 29.4 Å². The molecule has 0 radical (unpaired) electrons. The Hall–Kier alpha value is -1.75. The van der Waals surface area contributed by atoms with Crippen LogP contribution in [0.2, 0.25) is 0 Å². The molecule has 1 aromatic carbocycles. The summed E-state index contributed by atoms with van der Waals surface area (Å²) < 4.78 is 5.00. The molecule has 0 aliphatic carbocycles. The molecule has 0 atom stereocenters. The first kappa shape index (κ1) is 12.3. The van der Waals surface area contributed by atoms with Crippen molar-refractivity contribution in [2.45, 2.75) is 6.54 Å². The highest BCUT2D eigenvalue weighted by Crippen LogP contribution is 2.10. The number of hydrogen-bond donors (Lipinski definition) is 2. The molecule has 0 aliphatic rings. The summed E-state index contributed by atoms with van der Waals surface area (Å²) in [5, 5.41) is 11.4. The Labute approximate surface area is 97.7 Å². The van der Waals surface area contributed by atoms with Crippen molar-refractivity contribution in [2.24, 2.45) is 5.10 Å². The Morgan fingerprint density at radius 2 is 2.12 bits per heavy atom. The van der Waals surface area contributed by atoms with Gasteiger partial charge in [-0.25, -0.2) is 4.79 Å². The highest BCUT2D eigenvalue weighted by Gasteiger charge is 2.03. The van der Waals surface area contributed by atoms with Crippen molar-refractivity contribution in [3.05, 3.63) is 29.8 Å². The van der Waals surface area contributed by atoms with Gasteiger partial charge in [-0.3, -0.25) is 0 Å². The van der Waals surface area contributed by atoms with E-state index in [2.05, 4.69) is 10.5 Å². The zero-order valence-corrected chi connectivity index (χ0v) is 9.36. The maximum Gasteiger partial charge on any atom is 0.368 e. The van der Waals surface area contributed by atoms with Crippen molar-refractivity contribution in [1.82, 2.24) is 5.43 Å². The van der Waals surface area contributed by atoms with Gasteiger partial charge in [-0.05, 0) is 17.7 Å². The van der Waals surface area contributed by atoms with E-state index in [0.717, 1.165) is 11.3 Å². The number of ether oxygens (including phenoxy) is 1. The number of hydrazone groups is 1. The van der Waals surface area contributed by atoms with E-state index < -0.39 is 11.1 Å². The lowest BCUT2D eigenvalue weighted by Crippen LogP contribution is -2.13. The van der Waals surface area contributed by atoms with Crippen molar-refractivity contribution in [2.75, 3.05) is 7.11 Å². The highest BCUT2D eigenvalue weighted by molar-refractivity contribution is 6.81. The van der Waals surface area contributed by atoms with Gasteiger partial charge in [0.2, 0.25) is 5.17 Å². The number of hydrogen-bond acceptors (Lipinski definition) is 4. The minimum atomic E-state index is -1.26. The van der Waals surface area contributed by atoms with Crippen molar-refractivity contribution in [3.63, 3.8) is 0 Å². The molecule has 0 saturated carbocycles. The first-order valence-corrected chi connectivity index (χ1v) is 4.83. The topological polar surface area (TPSA) is 70.9 Å². The van der Waals surface area contributed by atoms with Crippen LogP contribution in [0, 0.1) is 0 Å². The van der Waals surface area contributed by atoms with Crippen LogP contribution in [0.4, 0.5) is 0 Å². The molecule has 1 rings (SSSR count). The van der Waals surface area contributed by atoms with Crippen molar-refractivity contribution in [3.8, 4) is 5.75 Å². The zero-order valence-electron chi connectivity index (χ0n) is 8.61. The summed E-state index contributed by atoms with van der Waals surface area (Å²) in [5.41, 5.74) is 3.50. The Morgan fingerprint density at radius 3 is 2.62 bits per heavy atom. The average Bonchev–Trinajstić information content (AvgIpc) is 2.29. The van der Waals surface area contributed by atoms with E-state index >= 15 is 0 Å². The lowest BCUT2D eigenvalue weighted by Gasteiger charge is -2.03. The van der Waals surface area contributed by atoms with E-state index in [0.29, 0.717) is 6.54 Å². The van der Waals surface area contributed by atoms with Gasteiger partial charge in [0.15, 0.2) is 0 Å². The lowest BCUT2D eigenvalue weighted by molar-refractivity contribution is -0.129. The van der Waals surface area contributed by atoms with Crippen molar-refractivity contribution < 1.29 is 14.6 Å². The number of carboxylic acids is 1. The van der Waals surface area contributed by atoms with Gasteiger partial charge in [0, 0.05) is 0 Å². The second kappa shape index (κ2) is 5.97. The molecule has 0 aliphatic heterocycles. The summed E-state index contributed by atoms with van der Waals surface area (Å²) in [6.07, 6.45) is 0. The molecule has 0 heterocycles. The molecule has 86 valence electrons. The smallest absolute Gasteiger partial charge is 0.368 e. The van der Waals surface area contributed by atoms with Crippen LogP contribution >= 0.6 is 11.6 Å². The van der Waals surface area contributed by atoms with Gasteiger partial charge in [0.05, 0.1) is 13.7 Å². The van der Waals surface area contributed by atoms with E-state index in [9.17, 15) is 4.79 Å². The third kappa shape index (κ3) is 3.78. The Balaban J connectivity index is 2.49. The number of carboxylic acid groups (broad SMARTS) is 1. The van der Waals surface area contributed by atoms with Crippen LogP contribution < -0.4 is 10.2 Å². The van der Waals surface area contributed by atoms with Gasteiger partial charge in [0.25, 0.3) is 0 Å². The van der Waals surface area contributed by atoms with Gasteiger partial charge < -0.3 is 15.3 Å². The molecule has 0 unspecified atom stereocenters. The summed E-state index contributed by atoms with van der Waals surface area (Å²) >= 11 is 5.30. The van der Waals surface area contributed by atoms with Crippen LogP contribution in [0.3, 0.4) is 0 Å². The molecule has 0 fully saturated rings. The van der Waals surface area contributed by atoms with Gasteiger partial charge in [-0.15, -0.1) is 0 Å². The Kier molecular flexibility index (Phi) is 4.60. The standard InChI is InChI=1S/C10H11ClN2O3/c1-16-8-4-2-7(3-5-8)6-12-13-9(11)10(14)15/h2-5,12H,6H2,1H3,(H,14,15). The number of benzene rings is 1. The second-order valence-corrected chi connectivity index (χ2v) is 3.25. The van der Waals surface area contributed by atoms with Crippen molar-refractivity contribution in [1.29, 1.82) is 0 Å². The summed E-state index contributed by atoms with van der Waals surface area (Å²) in [5.74, 6) is -0.500. The largest absolute Gasteiger partial charge is 0.497 e. The molecule has 1 aromatic rings. The summed E-state index contributed by atoms with van der Waals surface area (Å²) in [7, 11) is 1.59. The highest BCUT2D eigenvalue weighted by atomic mass is 35.5. The summed E-state index contributed by atoms with van der Waals surface area (Å²) in [6, 6.07) is 7.30. The maximum atomic E-state index is 10.3. The molecule has 0 aromatic heterocycles. The molecule has 5 nitrogen and oxygen atoms in total. The molecular formula is C10H11ClN2O3. The minimum absolute atomic E-state index is 0.396. The van der Waals surface area contributed by atoms with Crippen LogP contribution in [0.25, 0.3) is 0 Å². The molecule has 0 spiro atoms. The van der Waals surface area contributed by atoms with E-state index in [1.807, 2.05) is 12.1 Å². The predicted molar refractivity (Wildman–Crippen MR) is 60.8 cm³/mol. The second-order valence-electron chi connectivity index (χ2n) is 2.89. The molecule has 0 bridgehead atoms. The first-order chi connectivity index (χ1) is 7.63. The molecule has 0 amide bonds. The van der Waals surface area contributed by atoms with E-state index in [-0.39, 0.29) is 0 Å². The zero-order chi connectivity index (χ0) is 12.0. The van der Waals surface area contributed by atoms with E-state index in [1.165, 1.54) is 0 Å². The first-order valence-electron chi connectivity index (χ1n) is 4.45. The predicted octanol–water partition coefficient (Wildman–Crippen LogP) is 1.42. The normalized spacial score (nSPS) is 11.0. The van der Waals surface area contributed by atoms with E-state index in [4.69, 9.17) is 21.4 Å². The monoisotopic (exact) mass is 242 g/mol. The molecule has 2 N–H and O–H groups in total. The number of nitrogens with one attached hydrogen (secondary N) is 1. The number of rotatable bonds is 5. The van der Waals surface area contributed by atoms with Crippen LogP contribution in [-0.4, -0.2) is 23.4 Å². The molecule has 16 heavy (non-hydrogen) atoms. The van der Waals surface area contributed by atoms with Gasteiger partial charge in [-0.1, -0.05) is 23.7 Å². The SMILES string of the molecule is COc1ccc(CNN=C(Cl)C(=O)O)cc1. The third-order valence-electron chi connectivity index (χ3n) is 1.80. The number of nitrogens with zero attached hydrogens (tertiary/aromatic N) is 1. The average molecular weight is 243 g/mol. The third-order valence-corrected chi connectivity index (χ3v) is 2.04. The molecule has 0 saturated heterocycles. The maximum absolute atomic E-state index is 10.3. The number of halogens is 1. The fourth-order valence-corrected chi connectivity index (χ4v) is 1.05. The summed E-state index contributed by atoms with van der Waals surface area (Å²) in [6.45, 7) is 0.396. The number of carbonyl (C=O) groups is 1. The fraction of sp³-hybridized carbons (Fsp3) is 0.200. The molecule has 6 heteroatoms. The van der Waals surface area contributed by atoms with Gasteiger partial charge in [0.1, 0.15) is 5.75 Å². The van der Waals surface area contributed by atoms with Crippen molar-refractivity contribution >= 4 is 22.7 Å². The number of methoxy groups -OCH3 is 1. The lowest BCUT2D eigenvalue weighted by atomic mass is 10.2. The quantitative estimate of drug-likeness (QED) is 0.605. The van der Waals surface area contributed by atoms with Gasteiger partial charge in [-0.2, -0.15) is 5.10 Å². The van der Waals surface area contributed by atoms with Gasteiger partial charge >= 0.3 is 5.97 Å². The minimum Gasteiger partial charge on any atom is -0.497 e.